The highest BCUT2D eigenvalue weighted by atomic mass is 32.2. The van der Waals surface area contributed by atoms with E-state index in [9.17, 15) is 14.5 Å². The van der Waals surface area contributed by atoms with E-state index in [0.29, 0.717) is 18.3 Å². The van der Waals surface area contributed by atoms with Crippen molar-refractivity contribution in [1.29, 1.82) is 0 Å². The van der Waals surface area contributed by atoms with Crippen molar-refractivity contribution in [3.63, 3.8) is 0 Å². The molecule has 6 nitrogen and oxygen atoms in total. The predicted molar refractivity (Wildman–Crippen MR) is 151 cm³/mol. The third-order valence-electron chi connectivity index (χ3n) is 7.29. The lowest BCUT2D eigenvalue weighted by Crippen LogP contribution is -2.38. The topological polar surface area (TPSA) is 82.1 Å². The van der Waals surface area contributed by atoms with Gasteiger partial charge in [-0.15, -0.1) is 0 Å². The summed E-state index contributed by atoms with van der Waals surface area (Å²) in [6.45, 7) is 6.86. The quantitative estimate of drug-likeness (QED) is 0.0595. The summed E-state index contributed by atoms with van der Waals surface area (Å²) in [4.78, 5) is 12.4. The van der Waals surface area contributed by atoms with Gasteiger partial charge < -0.3 is 14.0 Å². The van der Waals surface area contributed by atoms with Gasteiger partial charge in [-0.1, -0.05) is 115 Å². The first kappa shape index (κ1) is 33.8. The zero-order valence-corrected chi connectivity index (χ0v) is 25.1. The van der Waals surface area contributed by atoms with Gasteiger partial charge >= 0.3 is 20.0 Å². The summed E-state index contributed by atoms with van der Waals surface area (Å²) in [5.74, 6) is 1.11. The Balaban J connectivity index is 2.24. The largest absolute Gasteiger partial charge is 0.471 e. The van der Waals surface area contributed by atoms with Gasteiger partial charge in [-0.25, -0.2) is 4.79 Å². The zero-order chi connectivity index (χ0) is 26.5. The third kappa shape index (κ3) is 15.3. The van der Waals surface area contributed by atoms with Crippen molar-refractivity contribution in [2.45, 2.75) is 142 Å². The molecule has 212 valence electrons. The van der Waals surface area contributed by atoms with Gasteiger partial charge in [0, 0.05) is 12.4 Å². The molecule has 0 amide bonds. The number of hydrogen-bond acceptors (Lipinski definition) is 7. The number of carbonyl (C=O) groups is 1. The Morgan fingerprint density at radius 2 is 1.61 bits per heavy atom. The Morgan fingerprint density at radius 3 is 2.25 bits per heavy atom. The van der Waals surface area contributed by atoms with Crippen molar-refractivity contribution in [2.75, 3.05) is 19.0 Å². The fourth-order valence-corrected chi connectivity index (χ4v) is 6.03. The van der Waals surface area contributed by atoms with Gasteiger partial charge in [0.05, 0.1) is 24.8 Å². The highest BCUT2D eigenvalue weighted by Crippen LogP contribution is 2.35. The van der Waals surface area contributed by atoms with Crippen LogP contribution < -0.4 is 0 Å². The van der Waals surface area contributed by atoms with E-state index in [1.54, 1.807) is 0 Å². The Bertz CT molecular complexity index is 560. The van der Waals surface area contributed by atoms with Crippen LogP contribution >= 0.6 is 20.5 Å². The molecule has 0 aromatic carbocycles. The molecule has 4 atom stereocenters. The molecule has 8 heteroatoms. The Hall–Kier alpha value is -0.200. The van der Waals surface area contributed by atoms with Crippen molar-refractivity contribution in [2.24, 2.45) is 11.8 Å². The second-order valence-corrected chi connectivity index (χ2v) is 12.2. The second kappa shape index (κ2) is 21.7. The molecular weight excluding hydrogens is 495 g/mol. The van der Waals surface area contributed by atoms with Crippen molar-refractivity contribution in [3.8, 4) is 0 Å². The van der Waals surface area contributed by atoms with E-state index < -0.39 is 20.0 Å². The summed E-state index contributed by atoms with van der Waals surface area (Å²) in [7, 11) is -1.37. The minimum absolute atomic E-state index is 0.0245. The average Bonchev–Trinajstić information content (AvgIpc) is 2.90. The molecule has 0 spiro atoms. The summed E-state index contributed by atoms with van der Waals surface area (Å²) in [5, 5.41) is 10.4. The van der Waals surface area contributed by atoms with Crippen LogP contribution in [0.2, 0.25) is 0 Å². The molecule has 0 radical (unpaired) electrons. The van der Waals surface area contributed by atoms with Crippen LogP contribution in [0.25, 0.3) is 0 Å². The number of aliphatic hydroxyl groups is 1. The predicted octanol–water partition coefficient (Wildman–Crippen LogP) is 8.19. The SMILES string of the molecule is CCCCCCCCCCOC(C)COC(O)([PH+]=O)C(=O)OSCCC(CCCC)C1CCCCC1. The maximum absolute atomic E-state index is 12.4. The first-order valence-corrected chi connectivity index (χ1v) is 16.5. The van der Waals surface area contributed by atoms with Gasteiger partial charge in [-0.05, 0) is 31.6 Å². The van der Waals surface area contributed by atoms with E-state index in [4.69, 9.17) is 13.7 Å². The van der Waals surface area contributed by atoms with Crippen LogP contribution in [-0.2, 0) is 23.0 Å². The van der Waals surface area contributed by atoms with Crippen LogP contribution in [0, 0.1) is 11.8 Å². The summed E-state index contributed by atoms with van der Waals surface area (Å²) < 4.78 is 27.8. The zero-order valence-electron chi connectivity index (χ0n) is 23.3. The van der Waals surface area contributed by atoms with E-state index >= 15 is 0 Å². The van der Waals surface area contributed by atoms with Gasteiger partial charge in [0.2, 0.25) is 0 Å². The first-order chi connectivity index (χ1) is 17.5. The highest BCUT2D eigenvalue weighted by molar-refractivity contribution is 7.95. The molecule has 0 heterocycles. The van der Waals surface area contributed by atoms with Crippen LogP contribution in [0.3, 0.4) is 0 Å². The van der Waals surface area contributed by atoms with Gasteiger partial charge in [-0.2, -0.15) is 0 Å². The maximum atomic E-state index is 12.4. The van der Waals surface area contributed by atoms with Crippen molar-refractivity contribution < 1.29 is 28.1 Å². The Labute approximate surface area is 226 Å². The van der Waals surface area contributed by atoms with E-state index in [2.05, 4.69) is 13.8 Å². The third-order valence-corrected chi connectivity index (χ3v) is 8.59. The summed E-state index contributed by atoms with van der Waals surface area (Å²) in [5.41, 5.74) is -2.44. The molecule has 0 aromatic rings. The molecule has 1 aliphatic carbocycles. The minimum atomic E-state index is -2.44. The summed E-state index contributed by atoms with van der Waals surface area (Å²) in [6, 6.07) is 0. The van der Waals surface area contributed by atoms with Gasteiger partial charge in [0.25, 0.3) is 0 Å². The van der Waals surface area contributed by atoms with Crippen LogP contribution in [-0.4, -0.2) is 41.7 Å². The molecule has 1 fully saturated rings. The van der Waals surface area contributed by atoms with Crippen LogP contribution in [0.1, 0.15) is 130 Å². The van der Waals surface area contributed by atoms with Crippen LogP contribution in [0.4, 0.5) is 0 Å². The lowest BCUT2D eigenvalue weighted by molar-refractivity contribution is -0.192. The number of carbonyl (C=O) groups excluding carboxylic acids is 1. The molecule has 1 N–H and O–H groups in total. The minimum Gasteiger partial charge on any atom is -0.384 e. The van der Waals surface area contributed by atoms with E-state index in [1.807, 2.05) is 6.92 Å². The first-order valence-electron chi connectivity index (χ1n) is 14.7. The molecule has 36 heavy (non-hydrogen) atoms. The lowest BCUT2D eigenvalue weighted by Gasteiger charge is -2.30. The van der Waals surface area contributed by atoms with Gasteiger partial charge in [0.1, 0.15) is 0 Å². The Morgan fingerprint density at radius 1 is 0.972 bits per heavy atom. The Kier molecular flexibility index (Phi) is 20.4. The van der Waals surface area contributed by atoms with Crippen molar-refractivity contribution in [1.82, 2.24) is 0 Å². The van der Waals surface area contributed by atoms with Crippen molar-refractivity contribution in [3.05, 3.63) is 0 Å². The molecule has 4 unspecified atom stereocenters. The molecule has 0 saturated heterocycles. The molecule has 0 aliphatic heterocycles. The maximum Gasteiger partial charge on any atom is 0.471 e. The summed E-state index contributed by atoms with van der Waals surface area (Å²) >= 11 is 1.04. The number of hydrogen-bond donors (Lipinski definition) is 1. The van der Waals surface area contributed by atoms with E-state index in [0.717, 1.165) is 37.2 Å². The molecule has 1 aliphatic rings. The smallest absolute Gasteiger partial charge is 0.384 e. The molecule has 1 saturated carbocycles. The number of ether oxygens (including phenoxy) is 2. The normalized spacial score (nSPS) is 18.1. The van der Waals surface area contributed by atoms with Crippen LogP contribution in [0.15, 0.2) is 0 Å². The lowest BCUT2D eigenvalue weighted by atomic mass is 9.77. The molecule has 0 aromatic heterocycles. The van der Waals surface area contributed by atoms with E-state index in [1.165, 1.54) is 89.9 Å². The van der Waals surface area contributed by atoms with Gasteiger partial charge in [-0.3, -0.25) is 4.74 Å². The van der Waals surface area contributed by atoms with Gasteiger partial charge in [0.15, 0.2) is 0 Å². The molecule has 0 bridgehead atoms. The number of rotatable bonds is 23. The fourth-order valence-electron chi connectivity index (χ4n) is 4.98. The standard InChI is InChI=1S/C28H53O6PS/c1-4-6-8-9-10-11-12-16-21-32-24(3)23-33-28(30,35-31)27(29)34-36-22-20-26(17-7-5-2)25-18-14-13-15-19-25/h24-26,30H,4-23H2,1-3H3/p+1. The second-order valence-electron chi connectivity index (χ2n) is 10.5. The molecular formula is C28H54O6PS+. The highest BCUT2D eigenvalue weighted by Gasteiger charge is 2.50. The van der Waals surface area contributed by atoms with Crippen molar-refractivity contribution >= 4 is 26.5 Å². The van der Waals surface area contributed by atoms with Crippen LogP contribution in [0.5, 0.6) is 0 Å². The molecule has 1 rings (SSSR count). The average molecular weight is 550 g/mol. The monoisotopic (exact) mass is 549 g/mol. The number of unbranched alkanes of at least 4 members (excludes halogenated alkanes) is 8. The fraction of sp³-hybridized carbons (Fsp3) is 0.964. The summed E-state index contributed by atoms with van der Waals surface area (Å²) in [6.07, 6.45) is 20.8. The van der Waals surface area contributed by atoms with E-state index in [-0.39, 0.29) is 12.7 Å².